The maximum atomic E-state index is 10.8. The van der Waals surface area contributed by atoms with Gasteiger partial charge in [0.2, 0.25) is 0 Å². The second-order valence-electron chi connectivity index (χ2n) is 3.60. The maximum absolute atomic E-state index is 10.8. The number of carbonyl (C=O) groups excluding carboxylic acids is 1. The van der Waals surface area contributed by atoms with Crippen LogP contribution in [0.2, 0.25) is 0 Å². The maximum Gasteiger partial charge on any atom is 0.259 e. The third-order valence-electron chi connectivity index (χ3n) is 2.42. The van der Waals surface area contributed by atoms with Crippen molar-refractivity contribution in [2.75, 3.05) is 13.2 Å². The highest BCUT2D eigenvalue weighted by atomic mass is 16.5. The highest BCUT2D eigenvalue weighted by Gasteiger charge is 2.11. The molecule has 0 spiro atoms. The number of hydrogen-bond acceptors (Lipinski definition) is 4. The molecule has 0 bridgehead atoms. The van der Waals surface area contributed by atoms with Gasteiger partial charge in [-0.25, -0.2) is 5.84 Å². The Bertz CT molecular complexity index is 393. The minimum atomic E-state index is -0.329. The third-order valence-corrected chi connectivity index (χ3v) is 2.42. The van der Waals surface area contributed by atoms with Crippen molar-refractivity contribution in [3.8, 4) is 5.75 Å². The number of nitrogens with two attached hydrogens (primary N) is 1. The van der Waals surface area contributed by atoms with Crippen LogP contribution in [0.4, 0.5) is 0 Å². The van der Waals surface area contributed by atoms with E-state index in [9.17, 15) is 4.79 Å². The van der Waals surface area contributed by atoms with Crippen LogP contribution in [-0.2, 0) is 22.6 Å². The number of nitrogens with one attached hydrogen (secondary N) is 1. The second-order valence-corrected chi connectivity index (χ2v) is 3.60. The van der Waals surface area contributed by atoms with E-state index in [1.165, 1.54) is 5.56 Å². The molecule has 1 amide bonds. The molecule has 1 aromatic rings. The van der Waals surface area contributed by atoms with Gasteiger partial charge in [-0.05, 0) is 23.3 Å². The first-order valence-corrected chi connectivity index (χ1v) is 5.11. The molecule has 0 atom stereocenters. The van der Waals surface area contributed by atoms with Crippen molar-refractivity contribution >= 4 is 5.91 Å². The number of carbonyl (C=O) groups is 1. The van der Waals surface area contributed by atoms with Crippen LogP contribution in [0.3, 0.4) is 0 Å². The van der Waals surface area contributed by atoms with Crippen molar-refractivity contribution in [2.24, 2.45) is 5.84 Å². The van der Waals surface area contributed by atoms with E-state index in [-0.39, 0.29) is 12.5 Å². The predicted octanol–water partition coefficient (Wildman–Crippen LogP) is 0.128. The summed E-state index contributed by atoms with van der Waals surface area (Å²) in [4.78, 5) is 10.8. The summed E-state index contributed by atoms with van der Waals surface area (Å²) < 4.78 is 10.6. The van der Waals surface area contributed by atoms with Gasteiger partial charge in [0.1, 0.15) is 12.4 Å². The van der Waals surface area contributed by atoms with E-state index in [1.807, 2.05) is 23.6 Å². The van der Waals surface area contributed by atoms with Crippen molar-refractivity contribution in [3.05, 3.63) is 29.3 Å². The average molecular weight is 222 g/mol. The van der Waals surface area contributed by atoms with E-state index in [0.717, 1.165) is 24.3 Å². The summed E-state index contributed by atoms with van der Waals surface area (Å²) in [6.45, 7) is 1.13. The van der Waals surface area contributed by atoms with E-state index >= 15 is 0 Å². The standard InChI is InChI=1S/C11H14N2O3/c12-13-11(14)7-15-6-8-1-2-10-9(5-8)3-4-16-10/h1-2,5H,3-4,6-7,12H2,(H,13,14). The van der Waals surface area contributed by atoms with E-state index in [4.69, 9.17) is 15.3 Å². The summed E-state index contributed by atoms with van der Waals surface area (Å²) in [6, 6.07) is 5.91. The van der Waals surface area contributed by atoms with Gasteiger partial charge in [0, 0.05) is 6.42 Å². The first-order chi connectivity index (χ1) is 7.79. The minimum absolute atomic E-state index is 0.0237. The van der Waals surface area contributed by atoms with Crippen molar-refractivity contribution in [2.45, 2.75) is 13.0 Å². The fraction of sp³-hybridized carbons (Fsp3) is 0.364. The molecule has 5 nitrogen and oxygen atoms in total. The van der Waals surface area contributed by atoms with Crippen molar-refractivity contribution in [1.29, 1.82) is 0 Å². The van der Waals surface area contributed by atoms with Gasteiger partial charge in [-0.15, -0.1) is 0 Å². The SMILES string of the molecule is NNC(=O)COCc1ccc2c(c1)CCO2. The fourth-order valence-electron chi connectivity index (χ4n) is 1.63. The molecule has 1 aliphatic rings. The molecule has 0 aromatic heterocycles. The van der Waals surface area contributed by atoms with Gasteiger partial charge in [-0.3, -0.25) is 10.2 Å². The summed E-state index contributed by atoms with van der Waals surface area (Å²) in [5, 5.41) is 0. The van der Waals surface area contributed by atoms with Crippen LogP contribution in [0.1, 0.15) is 11.1 Å². The largest absolute Gasteiger partial charge is 0.493 e. The van der Waals surface area contributed by atoms with Gasteiger partial charge in [0.25, 0.3) is 5.91 Å². The molecule has 0 aliphatic carbocycles. The van der Waals surface area contributed by atoms with Crippen LogP contribution in [-0.4, -0.2) is 19.1 Å². The number of fused-ring (bicyclic) bond motifs is 1. The van der Waals surface area contributed by atoms with Gasteiger partial charge in [-0.1, -0.05) is 6.07 Å². The summed E-state index contributed by atoms with van der Waals surface area (Å²) >= 11 is 0. The molecule has 86 valence electrons. The molecule has 2 rings (SSSR count). The highest BCUT2D eigenvalue weighted by molar-refractivity contribution is 5.76. The molecule has 0 saturated heterocycles. The summed E-state index contributed by atoms with van der Waals surface area (Å²) in [5.41, 5.74) is 4.24. The van der Waals surface area contributed by atoms with E-state index in [0.29, 0.717) is 6.61 Å². The lowest BCUT2D eigenvalue weighted by Gasteiger charge is -2.05. The van der Waals surface area contributed by atoms with Crippen LogP contribution in [0, 0.1) is 0 Å². The van der Waals surface area contributed by atoms with Crippen LogP contribution in [0.25, 0.3) is 0 Å². The molecule has 0 saturated carbocycles. The van der Waals surface area contributed by atoms with Gasteiger partial charge >= 0.3 is 0 Å². The van der Waals surface area contributed by atoms with Crippen LogP contribution >= 0.6 is 0 Å². The number of hydrogen-bond donors (Lipinski definition) is 2. The summed E-state index contributed by atoms with van der Waals surface area (Å²) in [6.07, 6.45) is 0.937. The van der Waals surface area contributed by atoms with Gasteiger partial charge in [-0.2, -0.15) is 0 Å². The van der Waals surface area contributed by atoms with E-state index in [1.54, 1.807) is 0 Å². The molecule has 0 fully saturated rings. The van der Waals surface area contributed by atoms with Crippen LogP contribution < -0.4 is 16.0 Å². The Morgan fingerprint density at radius 1 is 1.56 bits per heavy atom. The Morgan fingerprint density at radius 3 is 3.25 bits per heavy atom. The predicted molar refractivity (Wildman–Crippen MR) is 57.6 cm³/mol. The van der Waals surface area contributed by atoms with Crippen LogP contribution in [0.15, 0.2) is 18.2 Å². The summed E-state index contributed by atoms with van der Waals surface area (Å²) in [7, 11) is 0. The number of hydrazine groups is 1. The number of ether oxygens (including phenoxy) is 2. The topological polar surface area (TPSA) is 73.6 Å². The van der Waals surface area contributed by atoms with E-state index in [2.05, 4.69) is 0 Å². The molecule has 1 aromatic carbocycles. The Hall–Kier alpha value is -1.59. The monoisotopic (exact) mass is 222 g/mol. The Kier molecular flexibility index (Phi) is 3.38. The van der Waals surface area contributed by atoms with E-state index < -0.39 is 0 Å². The lowest BCUT2D eigenvalue weighted by atomic mass is 10.1. The first kappa shape index (κ1) is 10.9. The minimum Gasteiger partial charge on any atom is -0.493 e. The Labute approximate surface area is 93.5 Å². The zero-order valence-electron chi connectivity index (χ0n) is 8.86. The molecule has 0 radical (unpaired) electrons. The number of amides is 1. The normalized spacial score (nSPS) is 13.1. The molecule has 5 heteroatoms. The number of rotatable bonds is 4. The van der Waals surface area contributed by atoms with Crippen molar-refractivity contribution in [3.63, 3.8) is 0 Å². The second kappa shape index (κ2) is 4.96. The molecule has 3 N–H and O–H groups in total. The Morgan fingerprint density at radius 2 is 2.44 bits per heavy atom. The van der Waals surface area contributed by atoms with Crippen molar-refractivity contribution < 1.29 is 14.3 Å². The molecule has 1 aliphatic heterocycles. The Balaban J connectivity index is 1.88. The molecular weight excluding hydrogens is 208 g/mol. The van der Waals surface area contributed by atoms with Gasteiger partial charge < -0.3 is 9.47 Å². The van der Waals surface area contributed by atoms with Gasteiger partial charge in [0.15, 0.2) is 0 Å². The lowest BCUT2D eigenvalue weighted by molar-refractivity contribution is -0.126. The van der Waals surface area contributed by atoms with Crippen LogP contribution in [0.5, 0.6) is 5.75 Å². The lowest BCUT2D eigenvalue weighted by Crippen LogP contribution is -2.33. The molecule has 16 heavy (non-hydrogen) atoms. The highest BCUT2D eigenvalue weighted by Crippen LogP contribution is 2.25. The zero-order valence-corrected chi connectivity index (χ0v) is 8.86. The first-order valence-electron chi connectivity index (χ1n) is 5.11. The zero-order chi connectivity index (χ0) is 11.4. The van der Waals surface area contributed by atoms with Crippen molar-refractivity contribution in [1.82, 2.24) is 5.43 Å². The smallest absolute Gasteiger partial charge is 0.259 e. The third kappa shape index (κ3) is 2.50. The quantitative estimate of drug-likeness (QED) is 0.431. The fourth-order valence-corrected chi connectivity index (χ4v) is 1.63. The molecular formula is C11H14N2O3. The molecule has 1 heterocycles. The molecule has 0 unspecified atom stereocenters. The summed E-state index contributed by atoms with van der Waals surface area (Å²) in [5.74, 6) is 5.55. The number of benzene rings is 1. The average Bonchev–Trinajstić information content (AvgIpc) is 2.76. The van der Waals surface area contributed by atoms with Gasteiger partial charge in [0.05, 0.1) is 13.2 Å².